The van der Waals surface area contributed by atoms with E-state index in [2.05, 4.69) is 19.9 Å². The molecule has 2 unspecified atom stereocenters. The second kappa shape index (κ2) is 22.9. The molecule has 3 N–H and O–H groups in total. The minimum Gasteiger partial charge on any atom is -0.449 e. The van der Waals surface area contributed by atoms with Crippen molar-refractivity contribution >= 4 is 23.1 Å². The van der Waals surface area contributed by atoms with Gasteiger partial charge in [0.15, 0.2) is 0 Å². The summed E-state index contributed by atoms with van der Waals surface area (Å²) in [6.07, 6.45) is 18.2. The molecule has 0 radical (unpaired) electrons. The number of amides is 1. The standard InChI is InChI=1S/C20H30N2O2.C12H24N2.C8H7ClO2/c23-20(24-16-17-9-3-1-4-10-17)21-19-12-6-5-11-18(19)15-22-13-7-2-8-14-22;13-12-7-3-2-6-11(12)10-14-8-4-1-5-9-14;9-8(10)11-6-7-4-2-1-3-5-7/h1,3-4,9-10,18-19H,2,5-8,11-16H2,(H,21,23);11-12H,1-10,13H2;1-5H,6H2/t18-,19+;;/m0../s1. The van der Waals surface area contributed by atoms with Gasteiger partial charge in [-0.2, -0.15) is 0 Å². The first kappa shape index (κ1) is 39.1. The molecule has 6 rings (SSSR count). The summed E-state index contributed by atoms with van der Waals surface area (Å²) in [5, 5.41) is 3.14. The fourth-order valence-corrected chi connectivity index (χ4v) is 7.71. The minimum atomic E-state index is -0.770. The predicted octanol–water partition coefficient (Wildman–Crippen LogP) is 8.51. The summed E-state index contributed by atoms with van der Waals surface area (Å²) in [5.41, 5.74) is 7.36. The Morgan fingerprint density at radius 3 is 1.63 bits per heavy atom. The Morgan fingerprint density at radius 2 is 1.10 bits per heavy atom. The zero-order valence-corrected chi connectivity index (χ0v) is 30.4. The normalized spacial score (nSPS) is 24.6. The third kappa shape index (κ3) is 15.8. The molecule has 4 atom stereocenters. The van der Waals surface area contributed by atoms with Crippen molar-refractivity contribution in [1.82, 2.24) is 15.1 Å². The molecular weight excluding hydrogens is 636 g/mol. The van der Waals surface area contributed by atoms with Gasteiger partial charge in [-0.1, -0.05) is 99.2 Å². The Balaban J connectivity index is 0.000000183. The first-order valence-electron chi connectivity index (χ1n) is 19.0. The van der Waals surface area contributed by atoms with E-state index in [1.165, 1.54) is 116 Å². The third-order valence-corrected chi connectivity index (χ3v) is 10.6. The van der Waals surface area contributed by atoms with Crippen molar-refractivity contribution in [3.8, 4) is 0 Å². The number of benzene rings is 2. The summed E-state index contributed by atoms with van der Waals surface area (Å²) >= 11 is 4.97. The van der Waals surface area contributed by atoms with Crippen LogP contribution in [0.25, 0.3) is 0 Å². The molecule has 49 heavy (non-hydrogen) atoms. The fraction of sp³-hybridized carbons (Fsp3) is 0.650. The van der Waals surface area contributed by atoms with E-state index in [0.29, 0.717) is 18.6 Å². The summed E-state index contributed by atoms with van der Waals surface area (Å²) in [4.78, 5) is 27.6. The number of nitrogens with one attached hydrogen (secondary N) is 1. The molecule has 8 nitrogen and oxygen atoms in total. The number of rotatable bonds is 9. The lowest BCUT2D eigenvalue weighted by Crippen LogP contribution is -2.47. The maximum atomic E-state index is 12.2. The van der Waals surface area contributed by atoms with E-state index < -0.39 is 5.43 Å². The third-order valence-electron chi connectivity index (χ3n) is 10.5. The number of hydrogen-bond donors (Lipinski definition) is 2. The van der Waals surface area contributed by atoms with Gasteiger partial charge in [-0.15, -0.1) is 0 Å². The molecule has 1 amide bonds. The largest absolute Gasteiger partial charge is 0.449 e. The summed E-state index contributed by atoms with van der Waals surface area (Å²) in [7, 11) is 0. The number of likely N-dealkylation sites (tertiary alicyclic amines) is 2. The average molecular weight is 697 g/mol. The molecule has 2 aromatic rings. The molecular formula is C40H61ClN4O4. The molecule has 2 saturated carbocycles. The fourth-order valence-electron chi connectivity index (χ4n) is 7.66. The Morgan fingerprint density at radius 1 is 0.633 bits per heavy atom. The van der Waals surface area contributed by atoms with Gasteiger partial charge in [-0.05, 0) is 101 Å². The molecule has 2 saturated heterocycles. The van der Waals surface area contributed by atoms with Crippen LogP contribution in [0.2, 0.25) is 0 Å². The van der Waals surface area contributed by atoms with Crippen molar-refractivity contribution in [2.75, 3.05) is 39.3 Å². The Labute approximate surface area is 300 Å². The Kier molecular flexibility index (Phi) is 18.3. The van der Waals surface area contributed by atoms with Crippen molar-refractivity contribution in [3.63, 3.8) is 0 Å². The minimum absolute atomic E-state index is 0.239. The van der Waals surface area contributed by atoms with Crippen molar-refractivity contribution in [3.05, 3.63) is 71.8 Å². The van der Waals surface area contributed by atoms with Crippen LogP contribution in [0.1, 0.15) is 101 Å². The van der Waals surface area contributed by atoms with Crippen LogP contribution in [-0.4, -0.2) is 72.7 Å². The van der Waals surface area contributed by atoms with Crippen LogP contribution in [0.4, 0.5) is 9.59 Å². The molecule has 4 aliphatic rings. The average Bonchev–Trinajstić information content (AvgIpc) is 3.14. The number of hydrogen-bond acceptors (Lipinski definition) is 7. The molecule has 4 fully saturated rings. The Hall–Kier alpha value is -2.65. The van der Waals surface area contributed by atoms with Crippen molar-refractivity contribution < 1.29 is 19.1 Å². The number of ether oxygens (including phenoxy) is 2. The lowest BCUT2D eigenvalue weighted by atomic mass is 9.84. The molecule has 0 spiro atoms. The van der Waals surface area contributed by atoms with Gasteiger partial charge in [-0.3, -0.25) is 0 Å². The zero-order chi connectivity index (χ0) is 34.5. The molecule has 2 heterocycles. The number of piperidine rings is 2. The quantitative estimate of drug-likeness (QED) is 0.254. The summed E-state index contributed by atoms with van der Waals surface area (Å²) < 4.78 is 9.96. The van der Waals surface area contributed by atoms with Gasteiger partial charge in [0, 0.05) is 36.8 Å². The molecule has 0 aromatic heterocycles. The number of halogens is 1. The van der Waals surface area contributed by atoms with Gasteiger partial charge in [0.25, 0.3) is 0 Å². The first-order valence-corrected chi connectivity index (χ1v) is 19.4. The SMILES string of the molecule is NC1CCCCC1CN1CCCCC1.O=C(Cl)OCc1ccccc1.O=C(N[C@@H]1CCCC[C@H]1CN1CCCCC1)OCc1ccccc1. The topological polar surface area (TPSA) is 97.1 Å². The van der Waals surface area contributed by atoms with Crippen molar-refractivity contribution in [2.24, 2.45) is 17.6 Å². The maximum absolute atomic E-state index is 12.2. The lowest BCUT2D eigenvalue weighted by Gasteiger charge is -2.37. The highest BCUT2D eigenvalue weighted by Gasteiger charge is 2.29. The number of nitrogens with zero attached hydrogens (tertiary/aromatic N) is 2. The van der Waals surface area contributed by atoms with E-state index in [1.807, 2.05) is 60.7 Å². The second-order valence-corrected chi connectivity index (χ2v) is 14.6. The van der Waals surface area contributed by atoms with Crippen molar-refractivity contribution in [2.45, 2.75) is 115 Å². The smallest absolute Gasteiger partial charge is 0.407 e. The summed E-state index contributed by atoms with van der Waals surface area (Å²) in [6.45, 7) is 8.08. The van der Waals surface area contributed by atoms with E-state index in [4.69, 9.17) is 22.1 Å². The Bertz CT molecular complexity index is 1180. The van der Waals surface area contributed by atoms with E-state index in [0.717, 1.165) is 30.0 Å². The molecule has 272 valence electrons. The van der Waals surface area contributed by atoms with E-state index in [9.17, 15) is 9.59 Å². The highest BCUT2D eigenvalue weighted by molar-refractivity contribution is 6.61. The second-order valence-electron chi connectivity index (χ2n) is 14.3. The van der Waals surface area contributed by atoms with Gasteiger partial charge in [0.05, 0.1) is 0 Å². The van der Waals surface area contributed by atoms with Crippen molar-refractivity contribution in [1.29, 1.82) is 0 Å². The lowest BCUT2D eigenvalue weighted by molar-refractivity contribution is 0.114. The number of nitrogens with two attached hydrogens (primary N) is 1. The van der Waals surface area contributed by atoms with Gasteiger partial charge in [0.2, 0.25) is 0 Å². The maximum Gasteiger partial charge on any atom is 0.407 e. The molecule has 2 aliphatic carbocycles. The zero-order valence-electron chi connectivity index (χ0n) is 29.6. The van der Waals surface area contributed by atoms with Crippen LogP contribution in [-0.2, 0) is 22.7 Å². The van der Waals surface area contributed by atoms with Crippen LogP contribution in [0.15, 0.2) is 60.7 Å². The summed E-state index contributed by atoms with van der Waals surface area (Å²) in [6, 6.07) is 20.0. The molecule has 2 aliphatic heterocycles. The first-order chi connectivity index (χ1) is 24.0. The highest BCUT2D eigenvalue weighted by Crippen LogP contribution is 2.27. The van der Waals surface area contributed by atoms with Crippen LogP contribution in [0, 0.1) is 11.8 Å². The highest BCUT2D eigenvalue weighted by atomic mass is 35.5. The number of carbonyl (C=O) groups is 2. The monoisotopic (exact) mass is 696 g/mol. The van der Waals surface area contributed by atoms with Crippen LogP contribution >= 0.6 is 11.6 Å². The van der Waals surface area contributed by atoms with E-state index in [-0.39, 0.29) is 18.7 Å². The number of alkyl carbamates (subject to hydrolysis) is 1. The van der Waals surface area contributed by atoms with Crippen LogP contribution in [0.5, 0.6) is 0 Å². The van der Waals surface area contributed by atoms with E-state index in [1.54, 1.807) is 0 Å². The molecule has 9 heteroatoms. The van der Waals surface area contributed by atoms with Gasteiger partial charge < -0.3 is 30.3 Å². The van der Waals surface area contributed by atoms with Gasteiger partial charge in [0.1, 0.15) is 13.2 Å². The molecule has 0 bridgehead atoms. The molecule has 2 aromatic carbocycles. The van der Waals surface area contributed by atoms with Gasteiger partial charge in [-0.25, -0.2) is 9.59 Å². The van der Waals surface area contributed by atoms with Crippen LogP contribution in [0.3, 0.4) is 0 Å². The summed E-state index contributed by atoms with van der Waals surface area (Å²) in [5.74, 6) is 1.36. The predicted molar refractivity (Wildman–Crippen MR) is 199 cm³/mol. The van der Waals surface area contributed by atoms with Gasteiger partial charge >= 0.3 is 11.5 Å². The number of carbonyl (C=O) groups excluding carboxylic acids is 2. The van der Waals surface area contributed by atoms with Crippen LogP contribution < -0.4 is 11.1 Å². The van der Waals surface area contributed by atoms with E-state index >= 15 is 0 Å².